The molecule has 0 nitrogen and oxygen atoms in total. The van der Waals surface area contributed by atoms with Gasteiger partial charge in [-0.05, 0) is 44.3 Å². The standard InChI is InChI=1S/C16H26/c1-7-10-12-16(13(4)5)15(9-3)14(6)11-8-2/h7,9-10,12,14H,1,8,11H2,2-6H3/b12-10-,15-9-. The van der Waals surface area contributed by atoms with Gasteiger partial charge in [0.1, 0.15) is 0 Å². The number of rotatable bonds is 6. The maximum atomic E-state index is 3.73. The van der Waals surface area contributed by atoms with Crippen LogP contribution in [0.4, 0.5) is 0 Å². The molecule has 1 unspecified atom stereocenters. The molecule has 0 fully saturated rings. The van der Waals surface area contributed by atoms with Crippen molar-refractivity contribution >= 4 is 0 Å². The third kappa shape index (κ3) is 4.65. The van der Waals surface area contributed by atoms with E-state index < -0.39 is 0 Å². The fraction of sp³-hybridized carbons (Fsp3) is 0.500. The molecule has 0 heteroatoms. The molecular weight excluding hydrogens is 192 g/mol. The molecule has 0 N–H and O–H groups in total. The third-order valence-corrected chi connectivity index (χ3v) is 2.81. The average Bonchev–Trinajstić information content (AvgIpc) is 2.23. The summed E-state index contributed by atoms with van der Waals surface area (Å²) in [6, 6.07) is 0. The zero-order chi connectivity index (χ0) is 12.6. The lowest BCUT2D eigenvalue weighted by atomic mass is 9.88. The van der Waals surface area contributed by atoms with Gasteiger partial charge in [0, 0.05) is 0 Å². The van der Waals surface area contributed by atoms with Gasteiger partial charge >= 0.3 is 0 Å². The fourth-order valence-electron chi connectivity index (χ4n) is 2.01. The predicted molar refractivity (Wildman–Crippen MR) is 75.5 cm³/mol. The van der Waals surface area contributed by atoms with Crippen LogP contribution in [0.5, 0.6) is 0 Å². The quantitative estimate of drug-likeness (QED) is 0.520. The van der Waals surface area contributed by atoms with Crippen LogP contribution in [0.3, 0.4) is 0 Å². The number of hydrogen-bond donors (Lipinski definition) is 0. The van der Waals surface area contributed by atoms with Crippen molar-refractivity contribution in [3.8, 4) is 0 Å². The first-order valence-electron chi connectivity index (χ1n) is 6.21. The molecule has 0 amide bonds. The largest absolute Gasteiger partial charge is 0.0991 e. The van der Waals surface area contributed by atoms with Crippen molar-refractivity contribution in [2.75, 3.05) is 0 Å². The van der Waals surface area contributed by atoms with E-state index in [1.807, 2.05) is 12.2 Å². The van der Waals surface area contributed by atoms with E-state index in [-0.39, 0.29) is 0 Å². The van der Waals surface area contributed by atoms with Crippen molar-refractivity contribution in [3.05, 3.63) is 47.6 Å². The van der Waals surface area contributed by atoms with Crippen molar-refractivity contribution in [1.82, 2.24) is 0 Å². The predicted octanol–water partition coefficient (Wildman–Crippen LogP) is 5.45. The van der Waals surface area contributed by atoms with E-state index in [4.69, 9.17) is 0 Å². The average molecular weight is 218 g/mol. The zero-order valence-electron chi connectivity index (χ0n) is 11.5. The summed E-state index contributed by atoms with van der Waals surface area (Å²) >= 11 is 0. The molecule has 0 rings (SSSR count). The molecule has 0 saturated heterocycles. The lowest BCUT2D eigenvalue weighted by molar-refractivity contribution is 0.607. The van der Waals surface area contributed by atoms with Crippen molar-refractivity contribution < 1.29 is 0 Å². The highest BCUT2D eigenvalue weighted by Gasteiger charge is 2.10. The summed E-state index contributed by atoms with van der Waals surface area (Å²) in [7, 11) is 0. The molecule has 0 bridgehead atoms. The smallest absolute Gasteiger partial charge is 0.0188 e. The molecule has 0 radical (unpaired) electrons. The molecule has 1 atom stereocenters. The molecule has 16 heavy (non-hydrogen) atoms. The highest BCUT2D eigenvalue weighted by Crippen LogP contribution is 2.27. The summed E-state index contributed by atoms with van der Waals surface area (Å²) in [5.41, 5.74) is 4.19. The van der Waals surface area contributed by atoms with E-state index in [0.29, 0.717) is 5.92 Å². The second kappa shape index (κ2) is 8.15. The molecule has 0 saturated carbocycles. The summed E-state index contributed by atoms with van der Waals surface area (Å²) < 4.78 is 0. The van der Waals surface area contributed by atoms with E-state index in [2.05, 4.69) is 53.3 Å². The van der Waals surface area contributed by atoms with Gasteiger partial charge in [0.25, 0.3) is 0 Å². The van der Waals surface area contributed by atoms with Crippen LogP contribution in [-0.2, 0) is 0 Å². The molecule has 0 spiro atoms. The van der Waals surface area contributed by atoms with Gasteiger partial charge in [-0.2, -0.15) is 0 Å². The second-order valence-corrected chi connectivity index (χ2v) is 4.44. The first-order valence-corrected chi connectivity index (χ1v) is 6.21. The van der Waals surface area contributed by atoms with E-state index in [0.717, 1.165) is 0 Å². The molecule has 0 aromatic carbocycles. The van der Waals surface area contributed by atoms with Gasteiger partial charge in [0.05, 0.1) is 0 Å². The SMILES string of the molecule is C=C/C=C\C(=C(C)C)/C(=C\C)C(C)CCC. The highest BCUT2D eigenvalue weighted by molar-refractivity contribution is 5.44. The van der Waals surface area contributed by atoms with Gasteiger partial charge in [-0.3, -0.25) is 0 Å². The maximum Gasteiger partial charge on any atom is -0.0188 e. The normalized spacial score (nSPS) is 13.9. The van der Waals surface area contributed by atoms with Crippen LogP contribution in [0, 0.1) is 5.92 Å². The number of hydrogen-bond acceptors (Lipinski definition) is 0. The Morgan fingerprint density at radius 1 is 1.31 bits per heavy atom. The molecule has 0 aliphatic carbocycles. The molecule has 0 aliphatic heterocycles. The molecular formula is C16H26. The van der Waals surface area contributed by atoms with E-state index in [9.17, 15) is 0 Å². The lowest BCUT2D eigenvalue weighted by Crippen LogP contribution is -2.02. The number of allylic oxidation sites excluding steroid dienone is 7. The molecule has 0 heterocycles. The Balaban J connectivity index is 5.11. The van der Waals surface area contributed by atoms with Gasteiger partial charge in [0.15, 0.2) is 0 Å². The first kappa shape index (κ1) is 15.0. The van der Waals surface area contributed by atoms with E-state index in [1.54, 1.807) is 0 Å². The topological polar surface area (TPSA) is 0 Å². The highest BCUT2D eigenvalue weighted by atomic mass is 14.2. The summed E-state index contributed by atoms with van der Waals surface area (Å²) in [5, 5.41) is 0. The van der Waals surface area contributed by atoms with Gasteiger partial charge in [-0.1, -0.05) is 56.7 Å². The van der Waals surface area contributed by atoms with Crippen molar-refractivity contribution in [2.45, 2.75) is 47.5 Å². The molecule has 0 aliphatic rings. The third-order valence-electron chi connectivity index (χ3n) is 2.81. The van der Waals surface area contributed by atoms with Crippen molar-refractivity contribution in [1.29, 1.82) is 0 Å². The van der Waals surface area contributed by atoms with Crippen molar-refractivity contribution in [3.63, 3.8) is 0 Å². The Hall–Kier alpha value is -1.04. The van der Waals surface area contributed by atoms with Gasteiger partial charge in [0.2, 0.25) is 0 Å². The minimum absolute atomic E-state index is 0.634. The Morgan fingerprint density at radius 3 is 2.31 bits per heavy atom. The minimum Gasteiger partial charge on any atom is -0.0991 e. The fourth-order valence-corrected chi connectivity index (χ4v) is 2.01. The molecule has 0 aromatic rings. The van der Waals surface area contributed by atoms with Crippen molar-refractivity contribution in [2.24, 2.45) is 5.92 Å². The van der Waals surface area contributed by atoms with Crippen LogP contribution in [0.1, 0.15) is 47.5 Å². The van der Waals surface area contributed by atoms with Gasteiger partial charge in [-0.25, -0.2) is 0 Å². The van der Waals surface area contributed by atoms with E-state index >= 15 is 0 Å². The summed E-state index contributed by atoms with van der Waals surface area (Å²) in [6.07, 6.45) is 10.8. The summed E-state index contributed by atoms with van der Waals surface area (Å²) in [5.74, 6) is 0.634. The molecule has 90 valence electrons. The minimum atomic E-state index is 0.634. The monoisotopic (exact) mass is 218 g/mol. The molecule has 0 aromatic heterocycles. The zero-order valence-corrected chi connectivity index (χ0v) is 11.5. The van der Waals surface area contributed by atoms with Crippen LogP contribution in [-0.4, -0.2) is 0 Å². The summed E-state index contributed by atoms with van der Waals surface area (Å²) in [4.78, 5) is 0. The van der Waals surface area contributed by atoms with Crippen LogP contribution in [0.2, 0.25) is 0 Å². The Labute approximate surface area is 101 Å². The lowest BCUT2D eigenvalue weighted by Gasteiger charge is -2.18. The van der Waals surface area contributed by atoms with E-state index in [1.165, 1.54) is 29.6 Å². The Bertz CT molecular complexity index is 296. The van der Waals surface area contributed by atoms with Gasteiger partial charge in [-0.15, -0.1) is 0 Å². The Kier molecular flexibility index (Phi) is 7.62. The van der Waals surface area contributed by atoms with Crippen LogP contribution >= 0.6 is 0 Å². The Morgan fingerprint density at radius 2 is 1.94 bits per heavy atom. The summed E-state index contributed by atoms with van der Waals surface area (Å²) in [6.45, 7) is 14.8. The van der Waals surface area contributed by atoms with Crippen LogP contribution in [0.25, 0.3) is 0 Å². The van der Waals surface area contributed by atoms with Gasteiger partial charge < -0.3 is 0 Å². The second-order valence-electron chi connectivity index (χ2n) is 4.44. The van der Waals surface area contributed by atoms with Crippen LogP contribution in [0.15, 0.2) is 47.6 Å². The van der Waals surface area contributed by atoms with Crippen LogP contribution < -0.4 is 0 Å². The first-order chi connectivity index (χ1) is 7.58. The maximum absolute atomic E-state index is 3.73.